The minimum absolute atomic E-state index is 0.227. The summed E-state index contributed by atoms with van der Waals surface area (Å²) in [7, 11) is 0. The highest BCUT2D eigenvalue weighted by Gasteiger charge is 2.11. The zero-order valence-corrected chi connectivity index (χ0v) is 15.1. The fourth-order valence-corrected chi connectivity index (χ4v) is 2.91. The van der Waals surface area contributed by atoms with E-state index in [2.05, 4.69) is 59.4 Å². The number of hydrogen-bond donors (Lipinski definition) is 1. The summed E-state index contributed by atoms with van der Waals surface area (Å²) in [4.78, 5) is 0. The summed E-state index contributed by atoms with van der Waals surface area (Å²) >= 11 is 15.5. The van der Waals surface area contributed by atoms with Gasteiger partial charge in [-0.1, -0.05) is 57.3 Å². The number of nitrogens with one attached hydrogen (secondary N) is 1. The quantitative estimate of drug-likeness (QED) is 0.660. The monoisotopic (exact) mass is 385 g/mol. The van der Waals surface area contributed by atoms with Crippen molar-refractivity contribution in [3.8, 4) is 0 Å². The molecule has 21 heavy (non-hydrogen) atoms. The van der Waals surface area contributed by atoms with Crippen LogP contribution in [0.4, 0.5) is 0 Å². The molecule has 0 heterocycles. The molecule has 112 valence electrons. The summed E-state index contributed by atoms with van der Waals surface area (Å²) in [5, 5.41) is 4.79. The molecule has 2 rings (SSSR count). The summed E-state index contributed by atoms with van der Waals surface area (Å²) < 4.78 is 1.11. The van der Waals surface area contributed by atoms with Crippen molar-refractivity contribution in [3.63, 3.8) is 0 Å². The first-order chi connectivity index (χ1) is 9.95. The lowest BCUT2D eigenvalue weighted by molar-refractivity contribution is 0.477. The van der Waals surface area contributed by atoms with Crippen molar-refractivity contribution < 1.29 is 0 Å². The summed E-state index contributed by atoms with van der Waals surface area (Å²) in [6.45, 7) is 4.33. The van der Waals surface area contributed by atoms with E-state index in [0.717, 1.165) is 16.5 Å². The third kappa shape index (κ3) is 5.00. The molecule has 0 aliphatic rings. The second kappa shape index (κ2) is 7.64. The molecular formula is C17H18BrCl2N. The van der Waals surface area contributed by atoms with Gasteiger partial charge in [0.15, 0.2) is 0 Å². The molecule has 2 aromatic carbocycles. The number of hydrogen-bond acceptors (Lipinski definition) is 1. The van der Waals surface area contributed by atoms with Crippen LogP contribution in [0.1, 0.15) is 31.0 Å². The highest BCUT2D eigenvalue weighted by atomic mass is 79.9. The van der Waals surface area contributed by atoms with Crippen LogP contribution in [0.5, 0.6) is 0 Å². The lowest BCUT2D eigenvalue weighted by Gasteiger charge is -2.21. The van der Waals surface area contributed by atoms with E-state index in [-0.39, 0.29) is 6.04 Å². The van der Waals surface area contributed by atoms with Crippen LogP contribution in [0, 0.1) is 0 Å². The Hall–Kier alpha value is -0.540. The summed E-state index contributed by atoms with van der Waals surface area (Å²) in [6, 6.07) is 14.8. The van der Waals surface area contributed by atoms with Gasteiger partial charge in [0, 0.05) is 16.6 Å². The van der Waals surface area contributed by atoms with Crippen molar-refractivity contribution in [2.24, 2.45) is 0 Å². The molecule has 0 saturated heterocycles. The average molecular weight is 387 g/mol. The van der Waals surface area contributed by atoms with Crippen LogP contribution >= 0.6 is 39.1 Å². The van der Waals surface area contributed by atoms with Gasteiger partial charge in [0.25, 0.3) is 0 Å². The minimum Gasteiger partial charge on any atom is -0.307 e. The van der Waals surface area contributed by atoms with Gasteiger partial charge in [-0.3, -0.25) is 0 Å². The molecule has 0 aliphatic carbocycles. The molecule has 2 unspecified atom stereocenters. The Bertz CT molecular complexity index is 598. The molecule has 0 aromatic heterocycles. The smallest absolute Gasteiger partial charge is 0.0595 e. The first-order valence-corrected chi connectivity index (χ1v) is 8.46. The number of rotatable bonds is 5. The maximum absolute atomic E-state index is 6.07. The Labute approximate surface area is 144 Å². The molecule has 1 N–H and O–H groups in total. The van der Waals surface area contributed by atoms with Gasteiger partial charge < -0.3 is 5.32 Å². The van der Waals surface area contributed by atoms with Crippen LogP contribution in [0.15, 0.2) is 46.9 Å². The normalized spacial score (nSPS) is 14.0. The minimum atomic E-state index is 0.227. The van der Waals surface area contributed by atoms with E-state index in [0.29, 0.717) is 16.1 Å². The lowest BCUT2D eigenvalue weighted by Crippen LogP contribution is -2.30. The van der Waals surface area contributed by atoms with Crippen LogP contribution in [0.2, 0.25) is 10.0 Å². The van der Waals surface area contributed by atoms with Gasteiger partial charge in [-0.25, -0.2) is 0 Å². The van der Waals surface area contributed by atoms with Crippen LogP contribution in [0.25, 0.3) is 0 Å². The maximum Gasteiger partial charge on any atom is 0.0595 e. The SMILES string of the molecule is CC(Cc1ccc(Br)cc1)NC(C)c1ccc(Cl)c(Cl)c1. The summed E-state index contributed by atoms with van der Waals surface area (Å²) in [5.41, 5.74) is 2.46. The van der Waals surface area contributed by atoms with Crippen LogP contribution < -0.4 is 5.32 Å². The maximum atomic E-state index is 6.07. The van der Waals surface area contributed by atoms with E-state index < -0.39 is 0 Å². The predicted octanol–water partition coefficient (Wildman–Crippen LogP) is 6.04. The van der Waals surface area contributed by atoms with Crippen molar-refractivity contribution in [3.05, 3.63) is 68.1 Å². The molecule has 0 amide bonds. The summed E-state index contributed by atoms with van der Waals surface area (Å²) in [6.07, 6.45) is 0.985. The Morgan fingerprint density at radius 3 is 2.29 bits per heavy atom. The van der Waals surface area contributed by atoms with Gasteiger partial charge in [-0.05, 0) is 55.7 Å². The first-order valence-electron chi connectivity index (χ1n) is 6.91. The van der Waals surface area contributed by atoms with E-state index in [1.165, 1.54) is 5.56 Å². The molecule has 0 aliphatic heterocycles. The van der Waals surface area contributed by atoms with Gasteiger partial charge in [-0.2, -0.15) is 0 Å². The van der Waals surface area contributed by atoms with Crippen LogP contribution in [-0.4, -0.2) is 6.04 Å². The fourth-order valence-electron chi connectivity index (χ4n) is 2.34. The fraction of sp³-hybridized carbons (Fsp3) is 0.294. The largest absolute Gasteiger partial charge is 0.307 e. The molecule has 2 aromatic rings. The zero-order chi connectivity index (χ0) is 15.4. The Morgan fingerprint density at radius 1 is 1.00 bits per heavy atom. The number of benzene rings is 2. The van der Waals surface area contributed by atoms with E-state index in [9.17, 15) is 0 Å². The molecule has 0 radical (unpaired) electrons. The molecular weight excluding hydrogens is 369 g/mol. The number of halogens is 3. The molecule has 0 saturated carbocycles. The van der Waals surface area contributed by atoms with E-state index in [1.54, 1.807) is 0 Å². The Kier molecular flexibility index (Phi) is 6.12. The van der Waals surface area contributed by atoms with Gasteiger partial charge in [0.1, 0.15) is 0 Å². The Morgan fingerprint density at radius 2 is 1.67 bits per heavy atom. The zero-order valence-electron chi connectivity index (χ0n) is 12.0. The highest BCUT2D eigenvalue weighted by Crippen LogP contribution is 2.25. The summed E-state index contributed by atoms with van der Waals surface area (Å²) in [5.74, 6) is 0. The van der Waals surface area contributed by atoms with E-state index in [4.69, 9.17) is 23.2 Å². The highest BCUT2D eigenvalue weighted by molar-refractivity contribution is 9.10. The van der Waals surface area contributed by atoms with E-state index >= 15 is 0 Å². The molecule has 2 atom stereocenters. The topological polar surface area (TPSA) is 12.0 Å². The molecule has 0 fully saturated rings. The van der Waals surface area contributed by atoms with Gasteiger partial charge in [-0.15, -0.1) is 0 Å². The Balaban J connectivity index is 1.96. The van der Waals surface area contributed by atoms with Crippen LogP contribution in [0.3, 0.4) is 0 Å². The second-order valence-corrected chi connectivity index (χ2v) is 7.02. The van der Waals surface area contributed by atoms with Crippen molar-refractivity contribution in [2.45, 2.75) is 32.4 Å². The predicted molar refractivity (Wildman–Crippen MR) is 95.3 cm³/mol. The standard InChI is InChI=1S/C17H18BrCl2N/c1-11(9-13-3-6-15(18)7-4-13)21-12(2)14-5-8-16(19)17(20)10-14/h3-8,10-12,21H,9H2,1-2H3. The second-order valence-electron chi connectivity index (χ2n) is 5.29. The van der Waals surface area contributed by atoms with Crippen molar-refractivity contribution in [1.29, 1.82) is 0 Å². The van der Waals surface area contributed by atoms with Crippen molar-refractivity contribution in [1.82, 2.24) is 5.32 Å². The van der Waals surface area contributed by atoms with Crippen molar-refractivity contribution >= 4 is 39.1 Å². The third-order valence-electron chi connectivity index (χ3n) is 3.43. The van der Waals surface area contributed by atoms with Crippen molar-refractivity contribution in [2.75, 3.05) is 0 Å². The molecule has 1 nitrogen and oxygen atoms in total. The molecule has 4 heteroatoms. The molecule has 0 spiro atoms. The van der Waals surface area contributed by atoms with E-state index in [1.807, 2.05) is 18.2 Å². The van der Waals surface area contributed by atoms with Gasteiger partial charge >= 0.3 is 0 Å². The van der Waals surface area contributed by atoms with Crippen LogP contribution in [-0.2, 0) is 6.42 Å². The van der Waals surface area contributed by atoms with Gasteiger partial charge in [0.2, 0.25) is 0 Å². The van der Waals surface area contributed by atoms with Gasteiger partial charge in [0.05, 0.1) is 10.0 Å². The lowest BCUT2D eigenvalue weighted by atomic mass is 10.0. The first kappa shape index (κ1) is 16.8. The average Bonchev–Trinajstić information content (AvgIpc) is 2.44. The third-order valence-corrected chi connectivity index (χ3v) is 4.70. The molecule has 0 bridgehead atoms.